The summed E-state index contributed by atoms with van der Waals surface area (Å²) in [7, 11) is 0. The molecule has 3 heteroatoms. The van der Waals surface area contributed by atoms with E-state index >= 15 is 0 Å². The molecule has 10 aromatic carbocycles. The van der Waals surface area contributed by atoms with Gasteiger partial charge in [0, 0.05) is 56.4 Å². The maximum absolute atomic E-state index is 2.55. The third-order valence-electron chi connectivity index (χ3n) is 16.9. The summed E-state index contributed by atoms with van der Waals surface area (Å²) in [6, 6.07) is 90.0. The number of para-hydroxylation sites is 3. The van der Waals surface area contributed by atoms with Crippen molar-refractivity contribution in [3.63, 3.8) is 0 Å². The van der Waals surface area contributed by atoms with Gasteiger partial charge >= 0.3 is 0 Å². The van der Waals surface area contributed by atoms with E-state index in [-0.39, 0.29) is 12.0 Å². The fraction of sp³-hybridized carbons (Fsp3) is 0.0789. The Bertz CT molecular complexity index is 4340. The fourth-order valence-corrected chi connectivity index (χ4v) is 13.5. The molecule has 0 amide bonds. The van der Waals surface area contributed by atoms with E-state index in [1.807, 2.05) is 13.8 Å². The van der Waals surface area contributed by atoms with Crippen molar-refractivity contribution < 1.29 is 0 Å². The van der Waals surface area contributed by atoms with Crippen LogP contribution >= 0.6 is 0 Å². The zero-order valence-corrected chi connectivity index (χ0v) is 44.4. The second-order valence-corrected chi connectivity index (χ2v) is 21.0. The average molecular weight is 1010 g/mol. The third kappa shape index (κ3) is 7.48. The van der Waals surface area contributed by atoms with Gasteiger partial charge in [0.25, 0.3) is 0 Å². The highest BCUT2D eigenvalue weighted by molar-refractivity contribution is 6.19. The van der Waals surface area contributed by atoms with Gasteiger partial charge < -0.3 is 14.4 Å². The first-order valence-corrected chi connectivity index (χ1v) is 28.1. The number of hydrogen-bond donors (Lipinski definition) is 0. The van der Waals surface area contributed by atoms with E-state index < -0.39 is 0 Å². The van der Waals surface area contributed by atoms with E-state index in [1.54, 1.807) is 0 Å². The van der Waals surface area contributed by atoms with Crippen LogP contribution in [-0.4, -0.2) is 10.6 Å². The van der Waals surface area contributed by atoms with Gasteiger partial charge in [-0.15, -0.1) is 0 Å². The smallest absolute Gasteiger partial charge is 0.0634 e. The molecule has 5 aliphatic rings. The molecule has 2 unspecified atom stereocenters. The summed E-state index contributed by atoms with van der Waals surface area (Å²) in [6.07, 6.45) is 14.1. The zero-order chi connectivity index (χ0) is 52.6. The Labute approximate surface area is 463 Å². The lowest BCUT2D eigenvalue weighted by molar-refractivity contribution is 0.814. The number of rotatable bonds is 7. The van der Waals surface area contributed by atoms with Crippen LogP contribution in [0.15, 0.2) is 284 Å². The quantitative estimate of drug-likeness (QED) is 0.158. The molecule has 16 rings (SSSR count). The standard InChI is InChI=1S/C74H51N3.C2H6/c1-3-17-48(18-4-1)49-31-38-54(39-32-49)77-69-29-15-13-24-61(69)66-45-51(35-43-71(66)77)50-33-36-53(37-34-50)75(56-41-44-72-67(46-56)62-25-14-16-30-70(62)76(72)52-19-5-2-6-20-52)55-40-42-60-59-23-9-12-28-65(59)74(68(60)47-55)73-63-26-10-7-21-57(63)58-22-8-11-27-64(58)73;1-2/h1-33,35-43,45-47,50,72H,34,44H2;1-2H3. The number of aromatic nitrogens is 1. The minimum absolute atomic E-state index is 0.198. The molecule has 1 aromatic heterocycles. The Morgan fingerprint density at radius 2 is 0.962 bits per heavy atom. The van der Waals surface area contributed by atoms with Crippen LogP contribution in [0.25, 0.3) is 77.6 Å². The van der Waals surface area contributed by atoms with Crippen LogP contribution in [0.4, 0.5) is 17.1 Å². The molecule has 0 spiro atoms. The van der Waals surface area contributed by atoms with Gasteiger partial charge in [0.15, 0.2) is 0 Å². The largest absolute Gasteiger partial charge is 0.333 e. The monoisotopic (exact) mass is 1010 g/mol. The molecule has 2 heterocycles. The van der Waals surface area contributed by atoms with E-state index in [0.29, 0.717) is 0 Å². The lowest BCUT2D eigenvalue weighted by atomic mass is 9.89. The molecular formula is C76H57N3. The highest BCUT2D eigenvalue weighted by atomic mass is 15.2. The molecule has 1 aliphatic heterocycles. The minimum atomic E-state index is 0.198. The van der Waals surface area contributed by atoms with Crippen molar-refractivity contribution >= 4 is 55.6 Å². The van der Waals surface area contributed by atoms with Crippen LogP contribution in [-0.2, 0) is 0 Å². The number of hydrogen-bond acceptors (Lipinski definition) is 2. The van der Waals surface area contributed by atoms with Crippen LogP contribution in [0.5, 0.6) is 0 Å². The van der Waals surface area contributed by atoms with E-state index in [9.17, 15) is 0 Å². The van der Waals surface area contributed by atoms with E-state index in [4.69, 9.17) is 0 Å². The summed E-state index contributed by atoms with van der Waals surface area (Å²) in [4.78, 5) is 5.09. The summed E-state index contributed by atoms with van der Waals surface area (Å²) < 4.78 is 2.43. The zero-order valence-electron chi connectivity index (χ0n) is 44.4. The van der Waals surface area contributed by atoms with Crippen molar-refractivity contribution in [1.82, 2.24) is 4.57 Å². The van der Waals surface area contributed by atoms with Gasteiger partial charge in [-0.2, -0.15) is 0 Å². The molecule has 0 radical (unpaired) electrons. The second kappa shape index (κ2) is 19.1. The van der Waals surface area contributed by atoms with Gasteiger partial charge in [-0.05, 0) is 164 Å². The first-order valence-electron chi connectivity index (χ1n) is 28.1. The number of allylic oxidation sites excluding steroid dienone is 4. The van der Waals surface area contributed by atoms with Crippen molar-refractivity contribution in [2.75, 3.05) is 9.80 Å². The van der Waals surface area contributed by atoms with Crippen LogP contribution in [0.3, 0.4) is 0 Å². The molecule has 0 saturated heterocycles. The first-order chi connectivity index (χ1) is 39.2. The van der Waals surface area contributed by atoms with Crippen molar-refractivity contribution in [3.8, 4) is 39.1 Å². The molecule has 2 atom stereocenters. The predicted octanol–water partition coefficient (Wildman–Crippen LogP) is 19.8. The van der Waals surface area contributed by atoms with Crippen LogP contribution in [0.1, 0.15) is 66.0 Å². The van der Waals surface area contributed by atoms with Crippen molar-refractivity contribution in [2.24, 2.45) is 0 Å². The number of benzene rings is 10. The summed E-state index contributed by atoms with van der Waals surface area (Å²) in [5, 5.41) is 2.55. The molecule has 376 valence electrons. The summed E-state index contributed by atoms with van der Waals surface area (Å²) >= 11 is 0. The Morgan fingerprint density at radius 1 is 0.405 bits per heavy atom. The lowest BCUT2D eigenvalue weighted by Gasteiger charge is -2.34. The van der Waals surface area contributed by atoms with E-state index in [2.05, 4.69) is 287 Å². The molecule has 3 nitrogen and oxygen atoms in total. The molecule has 0 bridgehead atoms. The van der Waals surface area contributed by atoms with E-state index in [1.165, 1.54) is 128 Å². The van der Waals surface area contributed by atoms with Crippen LogP contribution in [0.2, 0.25) is 0 Å². The van der Waals surface area contributed by atoms with Gasteiger partial charge in [-0.1, -0.05) is 214 Å². The van der Waals surface area contributed by atoms with Gasteiger partial charge in [0.2, 0.25) is 0 Å². The van der Waals surface area contributed by atoms with Crippen molar-refractivity contribution in [2.45, 2.75) is 38.6 Å². The Hall–Kier alpha value is -9.70. The molecule has 0 fully saturated rings. The molecule has 0 N–H and O–H groups in total. The fourth-order valence-electron chi connectivity index (χ4n) is 13.5. The average Bonchev–Trinajstić information content (AvgIpc) is 4.37. The number of nitrogens with zero attached hydrogens (tertiary/aromatic N) is 3. The maximum Gasteiger partial charge on any atom is 0.0634 e. The van der Waals surface area contributed by atoms with Gasteiger partial charge in [-0.3, -0.25) is 0 Å². The predicted molar refractivity (Wildman–Crippen MR) is 333 cm³/mol. The highest BCUT2D eigenvalue weighted by Crippen LogP contribution is 2.56. The normalized spacial score (nSPS) is 16.2. The minimum Gasteiger partial charge on any atom is -0.333 e. The Kier molecular flexibility index (Phi) is 11.3. The number of fused-ring (bicyclic) bond motifs is 12. The van der Waals surface area contributed by atoms with Crippen molar-refractivity contribution in [1.29, 1.82) is 0 Å². The summed E-state index contributed by atoms with van der Waals surface area (Å²) in [5.74, 6) is 0.217. The maximum atomic E-state index is 2.55. The lowest BCUT2D eigenvalue weighted by Crippen LogP contribution is -2.30. The van der Waals surface area contributed by atoms with Gasteiger partial charge in [0.05, 0.1) is 17.1 Å². The topological polar surface area (TPSA) is 11.4 Å². The molecule has 4 aliphatic carbocycles. The molecule has 11 aromatic rings. The SMILES string of the molecule is C1=CC(c2ccc3c(c2)c2ccccc2n3-c2ccc(-c3ccccc3)cc2)CC=C1N(C1=CCC2C(=C1)c1ccccc1N2c1ccccc1)c1ccc2c(c1)C(=C1c3ccccc3-c3ccccc31)c1ccccc1-2.CC. The molecule has 79 heavy (non-hydrogen) atoms. The Balaban J connectivity index is 0.00000267. The molecular weight excluding hydrogens is 955 g/mol. The van der Waals surface area contributed by atoms with Crippen molar-refractivity contribution in [3.05, 3.63) is 318 Å². The van der Waals surface area contributed by atoms with E-state index in [0.717, 1.165) is 24.2 Å². The van der Waals surface area contributed by atoms with Crippen LogP contribution < -0.4 is 9.80 Å². The third-order valence-corrected chi connectivity index (χ3v) is 16.9. The highest BCUT2D eigenvalue weighted by Gasteiger charge is 2.38. The summed E-state index contributed by atoms with van der Waals surface area (Å²) in [6.45, 7) is 4.00. The second-order valence-electron chi connectivity index (χ2n) is 21.0. The van der Waals surface area contributed by atoms with Gasteiger partial charge in [0.1, 0.15) is 0 Å². The Morgan fingerprint density at radius 3 is 1.65 bits per heavy atom. The summed E-state index contributed by atoms with van der Waals surface area (Å²) in [5.41, 5.74) is 29.0. The van der Waals surface area contributed by atoms with Gasteiger partial charge in [-0.25, -0.2) is 0 Å². The number of anilines is 3. The molecule has 0 saturated carbocycles. The van der Waals surface area contributed by atoms with Crippen LogP contribution in [0, 0.1) is 0 Å². The first kappa shape index (κ1) is 46.6.